The van der Waals surface area contributed by atoms with Crippen LogP contribution in [0.15, 0.2) is 53.6 Å². The summed E-state index contributed by atoms with van der Waals surface area (Å²) in [6, 6.07) is 14.3. The van der Waals surface area contributed by atoms with Crippen LogP contribution in [0.1, 0.15) is 16.7 Å². The van der Waals surface area contributed by atoms with Gasteiger partial charge in [0.05, 0.1) is 45.2 Å². The first-order valence-electron chi connectivity index (χ1n) is 10.8. The molecule has 0 spiro atoms. The highest BCUT2D eigenvalue weighted by Gasteiger charge is 2.31. The SMILES string of the molecule is COCCOc1ccc(C(F)(F)F)cc1NC(=O)CSc1cc(C)c(C#N)c2nc3ccccc3n12. The molecule has 0 radical (unpaired) electrons. The second kappa shape index (κ2) is 10.5. The highest BCUT2D eigenvalue weighted by Crippen LogP contribution is 2.35. The fraction of sp³-hybridized carbons (Fsp3) is 0.240. The monoisotopic (exact) mass is 514 g/mol. The Kier molecular flexibility index (Phi) is 7.37. The van der Waals surface area contributed by atoms with Crippen molar-refractivity contribution in [2.75, 3.05) is 31.4 Å². The Labute approximate surface area is 208 Å². The molecule has 0 aliphatic rings. The summed E-state index contributed by atoms with van der Waals surface area (Å²) in [4.78, 5) is 17.4. The first-order valence-corrected chi connectivity index (χ1v) is 11.8. The number of nitrogens with one attached hydrogen (secondary N) is 1. The maximum Gasteiger partial charge on any atom is 0.416 e. The summed E-state index contributed by atoms with van der Waals surface area (Å²) >= 11 is 1.19. The molecule has 0 atom stereocenters. The molecule has 0 aliphatic heterocycles. The number of benzene rings is 2. The Balaban J connectivity index is 1.60. The number of methoxy groups -OCH3 is 1. The first kappa shape index (κ1) is 25.3. The number of pyridine rings is 1. The van der Waals surface area contributed by atoms with E-state index in [-0.39, 0.29) is 30.4 Å². The van der Waals surface area contributed by atoms with Crippen LogP contribution in [0.2, 0.25) is 0 Å². The number of halogens is 3. The topological polar surface area (TPSA) is 88.6 Å². The van der Waals surface area contributed by atoms with Crippen molar-refractivity contribution in [1.29, 1.82) is 5.26 Å². The van der Waals surface area contributed by atoms with E-state index in [2.05, 4.69) is 16.4 Å². The predicted octanol–water partition coefficient (Wildman–Crippen LogP) is 5.44. The van der Waals surface area contributed by atoms with Gasteiger partial charge in [0.15, 0.2) is 5.65 Å². The first-order chi connectivity index (χ1) is 17.2. The number of nitriles is 1. The third-order valence-corrected chi connectivity index (χ3v) is 6.33. The number of imidazole rings is 1. The molecular weight excluding hydrogens is 493 g/mol. The van der Waals surface area contributed by atoms with Crippen LogP contribution in [0.5, 0.6) is 5.75 Å². The molecule has 1 N–H and O–H groups in total. The second-order valence-electron chi connectivity index (χ2n) is 7.80. The highest BCUT2D eigenvalue weighted by molar-refractivity contribution is 7.99. The highest BCUT2D eigenvalue weighted by atomic mass is 32.2. The minimum absolute atomic E-state index is 0.0826. The number of nitrogens with zero attached hydrogens (tertiary/aromatic N) is 3. The summed E-state index contributed by atoms with van der Waals surface area (Å²) < 4.78 is 52.0. The summed E-state index contributed by atoms with van der Waals surface area (Å²) in [5.74, 6) is -0.508. The van der Waals surface area contributed by atoms with Crippen LogP contribution in [0.25, 0.3) is 16.7 Å². The molecule has 1 amide bonds. The van der Waals surface area contributed by atoms with Crippen molar-refractivity contribution in [2.24, 2.45) is 0 Å². The third kappa shape index (κ3) is 5.24. The number of carbonyl (C=O) groups is 1. The number of rotatable bonds is 8. The number of anilines is 1. The van der Waals surface area contributed by atoms with Crippen molar-refractivity contribution in [3.63, 3.8) is 0 Å². The minimum atomic E-state index is -4.58. The molecule has 2 heterocycles. The lowest BCUT2D eigenvalue weighted by Crippen LogP contribution is -2.17. The Hall–Kier alpha value is -3.75. The zero-order valence-electron chi connectivity index (χ0n) is 19.3. The molecule has 0 fully saturated rings. The summed E-state index contributed by atoms with van der Waals surface area (Å²) in [5, 5.41) is 12.8. The molecular formula is C25H21F3N4O3S. The molecule has 2 aromatic heterocycles. The van der Waals surface area contributed by atoms with Crippen LogP contribution >= 0.6 is 11.8 Å². The zero-order chi connectivity index (χ0) is 25.9. The van der Waals surface area contributed by atoms with Gasteiger partial charge in [0.2, 0.25) is 5.91 Å². The largest absolute Gasteiger partial charge is 0.489 e. The maximum atomic E-state index is 13.2. The van der Waals surface area contributed by atoms with Crippen molar-refractivity contribution >= 4 is 40.0 Å². The number of alkyl halides is 3. The van der Waals surface area contributed by atoms with Crippen molar-refractivity contribution in [1.82, 2.24) is 9.38 Å². The van der Waals surface area contributed by atoms with Crippen LogP contribution in [0.3, 0.4) is 0 Å². The minimum Gasteiger partial charge on any atom is -0.489 e. The molecule has 0 unspecified atom stereocenters. The summed E-state index contributed by atoms with van der Waals surface area (Å²) in [7, 11) is 1.47. The number of hydrogen-bond acceptors (Lipinski definition) is 6. The fourth-order valence-electron chi connectivity index (χ4n) is 3.65. The number of aromatic nitrogens is 2. The van der Waals surface area contributed by atoms with Gasteiger partial charge in [0, 0.05) is 7.11 Å². The van der Waals surface area contributed by atoms with E-state index in [9.17, 15) is 23.2 Å². The maximum absolute atomic E-state index is 13.2. The van der Waals surface area contributed by atoms with Gasteiger partial charge in [-0.25, -0.2) is 4.98 Å². The lowest BCUT2D eigenvalue weighted by atomic mass is 10.1. The molecule has 4 aromatic rings. The van der Waals surface area contributed by atoms with Gasteiger partial charge in [-0.3, -0.25) is 9.20 Å². The number of amides is 1. The average molecular weight is 515 g/mol. The summed E-state index contributed by atoms with van der Waals surface area (Å²) in [5.41, 5.74) is 2.11. The van der Waals surface area contributed by atoms with Crippen molar-refractivity contribution in [3.05, 3.63) is 65.2 Å². The van der Waals surface area contributed by atoms with Crippen molar-refractivity contribution in [3.8, 4) is 11.8 Å². The molecule has 0 bridgehead atoms. The molecule has 0 saturated heterocycles. The van der Waals surface area contributed by atoms with Crippen molar-refractivity contribution in [2.45, 2.75) is 18.1 Å². The quantitative estimate of drug-likeness (QED) is 0.249. The zero-order valence-corrected chi connectivity index (χ0v) is 20.2. The number of fused-ring (bicyclic) bond motifs is 3. The fourth-order valence-corrected chi connectivity index (χ4v) is 4.58. The van der Waals surface area contributed by atoms with Crippen LogP contribution in [0.4, 0.5) is 18.9 Å². The Morgan fingerprint density at radius 3 is 2.69 bits per heavy atom. The van der Waals surface area contributed by atoms with E-state index in [1.54, 1.807) is 13.0 Å². The van der Waals surface area contributed by atoms with Gasteiger partial charge in [-0.2, -0.15) is 18.4 Å². The third-order valence-electron chi connectivity index (χ3n) is 5.33. The number of aryl methyl sites for hydroxylation is 1. The molecule has 4 rings (SSSR count). The number of ether oxygens (including phenoxy) is 2. The summed E-state index contributed by atoms with van der Waals surface area (Å²) in [6.07, 6.45) is -4.58. The van der Waals surface area contributed by atoms with E-state index in [1.165, 1.54) is 24.9 Å². The van der Waals surface area contributed by atoms with Crippen LogP contribution < -0.4 is 10.1 Å². The van der Waals surface area contributed by atoms with E-state index in [0.29, 0.717) is 27.3 Å². The van der Waals surface area contributed by atoms with Gasteiger partial charge in [0.1, 0.15) is 18.4 Å². The van der Waals surface area contributed by atoms with Gasteiger partial charge in [-0.05, 0) is 48.9 Å². The number of hydrogen-bond donors (Lipinski definition) is 1. The van der Waals surface area contributed by atoms with E-state index in [1.807, 2.05) is 28.7 Å². The predicted molar refractivity (Wildman–Crippen MR) is 130 cm³/mol. The Morgan fingerprint density at radius 2 is 1.97 bits per heavy atom. The molecule has 11 heteroatoms. The summed E-state index contributed by atoms with van der Waals surface area (Å²) in [6.45, 7) is 2.13. The molecule has 7 nitrogen and oxygen atoms in total. The number of carbonyl (C=O) groups excluding carboxylic acids is 1. The van der Waals surface area contributed by atoms with E-state index < -0.39 is 17.6 Å². The standard InChI is InChI=1S/C25H21F3N4O3S/c1-15-11-23(32-20-6-4-3-5-18(20)31-24(32)17(15)13-29)36-14-22(33)30-19-12-16(25(26,27)28)7-8-21(19)35-10-9-34-2/h3-8,11-12H,9-10,14H2,1-2H3,(H,30,33). The van der Waals surface area contributed by atoms with Gasteiger partial charge in [-0.1, -0.05) is 23.9 Å². The normalized spacial score (nSPS) is 11.6. The lowest BCUT2D eigenvalue weighted by Gasteiger charge is -2.15. The van der Waals surface area contributed by atoms with Crippen LogP contribution in [-0.2, 0) is 15.7 Å². The van der Waals surface area contributed by atoms with E-state index in [0.717, 1.165) is 17.6 Å². The van der Waals surface area contributed by atoms with Crippen LogP contribution in [0, 0.1) is 18.3 Å². The number of para-hydroxylation sites is 2. The average Bonchev–Trinajstić information content (AvgIpc) is 3.22. The second-order valence-corrected chi connectivity index (χ2v) is 8.79. The van der Waals surface area contributed by atoms with Gasteiger partial charge < -0.3 is 14.8 Å². The van der Waals surface area contributed by atoms with Gasteiger partial charge in [-0.15, -0.1) is 0 Å². The molecule has 36 heavy (non-hydrogen) atoms. The molecule has 186 valence electrons. The molecule has 0 saturated carbocycles. The number of thioether (sulfide) groups is 1. The molecule has 2 aromatic carbocycles. The van der Waals surface area contributed by atoms with E-state index >= 15 is 0 Å². The van der Waals surface area contributed by atoms with Crippen molar-refractivity contribution < 1.29 is 27.4 Å². The Morgan fingerprint density at radius 1 is 1.19 bits per heavy atom. The van der Waals surface area contributed by atoms with Crippen LogP contribution in [-0.4, -0.2) is 41.4 Å². The smallest absolute Gasteiger partial charge is 0.416 e. The van der Waals surface area contributed by atoms with Gasteiger partial charge >= 0.3 is 6.18 Å². The van der Waals surface area contributed by atoms with E-state index in [4.69, 9.17) is 9.47 Å². The lowest BCUT2D eigenvalue weighted by molar-refractivity contribution is -0.137. The molecule has 0 aliphatic carbocycles. The van der Waals surface area contributed by atoms with Gasteiger partial charge in [0.25, 0.3) is 0 Å². The Bertz CT molecular complexity index is 1480.